The van der Waals surface area contributed by atoms with E-state index in [4.69, 9.17) is 23.7 Å². The first-order chi connectivity index (χ1) is 15.1. The number of Topliss-reactive ketones (excluding diaryl/α,β-unsaturated/α-hetero) is 1. The average Bonchev–Trinajstić information content (AvgIpc) is 2.69. The summed E-state index contributed by atoms with van der Waals surface area (Å²) in [7, 11) is 1.38. The SMILES string of the molecule is COc1cc(O)c2c(c1)O[C@H](c1ccc(OC(C)=O)c(OC(C)=O)c1)[C@H](OC(C)=O)C2=O. The number of carbonyl (C=O) groups excluding carboxylic acids is 4. The van der Waals surface area contributed by atoms with Gasteiger partial charge in [-0.25, -0.2) is 0 Å². The van der Waals surface area contributed by atoms with Crippen LogP contribution >= 0.6 is 0 Å². The maximum absolute atomic E-state index is 13.1. The lowest BCUT2D eigenvalue weighted by molar-refractivity contribution is -0.149. The van der Waals surface area contributed by atoms with E-state index < -0.39 is 41.6 Å². The zero-order chi connectivity index (χ0) is 23.6. The summed E-state index contributed by atoms with van der Waals surface area (Å²) in [6.45, 7) is 3.47. The maximum Gasteiger partial charge on any atom is 0.308 e. The van der Waals surface area contributed by atoms with E-state index in [1.54, 1.807) is 0 Å². The number of hydrogen-bond donors (Lipinski definition) is 1. The smallest absolute Gasteiger partial charge is 0.308 e. The molecule has 0 bridgehead atoms. The lowest BCUT2D eigenvalue weighted by atomic mass is 9.92. The van der Waals surface area contributed by atoms with Crippen LogP contribution in [0.3, 0.4) is 0 Å². The molecule has 1 aliphatic heterocycles. The van der Waals surface area contributed by atoms with Gasteiger partial charge in [0.1, 0.15) is 22.8 Å². The molecule has 0 amide bonds. The van der Waals surface area contributed by atoms with Crippen LogP contribution in [0, 0.1) is 0 Å². The Kier molecular flexibility index (Phi) is 6.33. The molecule has 1 aliphatic rings. The third kappa shape index (κ3) is 4.64. The summed E-state index contributed by atoms with van der Waals surface area (Å²) in [5.74, 6) is -3.01. The standard InChI is InChI=1S/C22H20O10/c1-10(23)29-16-6-5-13(7-17(16)30-11(2)24)21-22(31-12(3)25)20(27)19-15(26)8-14(28-4)9-18(19)32-21/h5-9,21-22,26H,1-4H3/t21-,22-/m1/s1. The van der Waals surface area contributed by atoms with Crippen molar-refractivity contribution in [1.82, 2.24) is 0 Å². The van der Waals surface area contributed by atoms with Gasteiger partial charge in [-0.2, -0.15) is 0 Å². The number of hydrogen-bond acceptors (Lipinski definition) is 10. The van der Waals surface area contributed by atoms with E-state index in [1.165, 1.54) is 44.4 Å². The van der Waals surface area contributed by atoms with Gasteiger partial charge in [0, 0.05) is 38.5 Å². The van der Waals surface area contributed by atoms with Crippen LogP contribution in [0.15, 0.2) is 30.3 Å². The zero-order valence-corrected chi connectivity index (χ0v) is 17.7. The monoisotopic (exact) mass is 444 g/mol. The molecule has 1 N–H and O–H groups in total. The number of benzene rings is 2. The number of methoxy groups -OCH3 is 1. The van der Waals surface area contributed by atoms with Crippen molar-refractivity contribution in [2.75, 3.05) is 7.11 Å². The molecule has 2 atom stereocenters. The minimum atomic E-state index is -1.44. The predicted molar refractivity (Wildman–Crippen MR) is 107 cm³/mol. The van der Waals surface area contributed by atoms with Crippen LogP contribution < -0.4 is 18.9 Å². The summed E-state index contributed by atoms with van der Waals surface area (Å²) in [5.41, 5.74) is 0.120. The van der Waals surface area contributed by atoms with Crippen molar-refractivity contribution in [3.05, 3.63) is 41.5 Å². The van der Waals surface area contributed by atoms with Crippen LogP contribution in [-0.4, -0.2) is 42.0 Å². The molecule has 0 spiro atoms. The Morgan fingerprint density at radius 3 is 2.19 bits per heavy atom. The lowest BCUT2D eigenvalue weighted by Crippen LogP contribution is -2.39. The molecule has 1 heterocycles. The van der Waals surface area contributed by atoms with Crippen molar-refractivity contribution < 1.29 is 48.0 Å². The zero-order valence-electron chi connectivity index (χ0n) is 17.7. The summed E-state index contributed by atoms with van der Waals surface area (Å²) < 4.78 is 26.4. The molecular weight excluding hydrogens is 424 g/mol. The van der Waals surface area contributed by atoms with Crippen molar-refractivity contribution >= 4 is 23.7 Å². The Morgan fingerprint density at radius 2 is 1.59 bits per heavy atom. The lowest BCUT2D eigenvalue weighted by Gasteiger charge is -2.32. The highest BCUT2D eigenvalue weighted by atomic mass is 16.6. The van der Waals surface area contributed by atoms with Gasteiger partial charge in [0.25, 0.3) is 0 Å². The number of ether oxygens (including phenoxy) is 5. The number of phenols is 1. The molecule has 0 aliphatic carbocycles. The summed E-state index contributed by atoms with van der Waals surface area (Å²) in [4.78, 5) is 47.7. The summed E-state index contributed by atoms with van der Waals surface area (Å²) in [6, 6.07) is 6.79. The molecule has 0 unspecified atom stereocenters. The first kappa shape index (κ1) is 22.6. The third-order valence-electron chi connectivity index (χ3n) is 4.42. The van der Waals surface area contributed by atoms with Gasteiger partial charge in [-0.1, -0.05) is 6.07 Å². The number of carbonyl (C=O) groups is 4. The molecule has 32 heavy (non-hydrogen) atoms. The number of esters is 3. The first-order valence-electron chi connectivity index (χ1n) is 9.40. The molecule has 0 fully saturated rings. The van der Waals surface area contributed by atoms with Gasteiger partial charge < -0.3 is 28.8 Å². The Labute approximate surface area is 182 Å². The molecule has 3 rings (SSSR count). The van der Waals surface area contributed by atoms with Crippen molar-refractivity contribution in [3.63, 3.8) is 0 Å². The van der Waals surface area contributed by atoms with Gasteiger partial charge in [0.15, 0.2) is 17.6 Å². The summed E-state index contributed by atoms with van der Waals surface area (Å²) in [5, 5.41) is 10.3. The Balaban J connectivity index is 2.12. The molecule has 0 aromatic heterocycles. The highest BCUT2D eigenvalue weighted by Gasteiger charge is 2.43. The van der Waals surface area contributed by atoms with Gasteiger partial charge in [-0.15, -0.1) is 0 Å². The van der Waals surface area contributed by atoms with Crippen LogP contribution in [0.4, 0.5) is 0 Å². The second-order valence-electron chi connectivity index (χ2n) is 6.85. The van der Waals surface area contributed by atoms with Crippen LogP contribution in [0.5, 0.6) is 28.7 Å². The Morgan fingerprint density at radius 1 is 0.938 bits per heavy atom. The van der Waals surface area contributed by atoms with Crippen molar-refractivity contribution in [3.8, 4) is 28.7 Å². The average molecular weight is 444 g/mol. The van der Waals surface area contributed by atoms with E-state index >= 15 is 0 Å². The van der Waals surface area contributed by atoms with Crippen LogP contribution in [0.1, 0.15) is 42.8 Å². The van der Waals surface area contributed by atoms with E-state index in [0.29, 0.717) is 0 Å². The molecule has 10 nitrogen and oxygen atoms in total. The van der Waals surface area contributed by atoms with E-state index in [9.17, 15) is 24.3 Å². The fourth-order valence-corrected chi connectivity index (χ4v) is 3.23. The predicted octanol–water partition coefficient (Wildman–Crippen LogP) is 2.50. The largest absolute Gasteiger partial charge is 0.507 e. The fourth-order valence-electron chi connectivity index (χ4n) is 3.23. The third-order valence-corrected chi connectivity index (χ3v) is 4.42. The second-order valence-corrected chi connectivity index (χ2v) is 6.85. The van der Waals surface area contributed by atoms with Gasteiger partial charge >= 0.3 is 17.9 Å². The molecule has 10 heteroatoms. The molecule has 0 saturated carbocycles. The highest BCUT2D eigenvalue weighted by Crippen LogP contribution is 2.44. The molecule has 168 valence electrons. The maximum atomic E-state index is 13.1. The summed E-state index contributed by atoms with van der Waals surface area (Å²) >= 11 is 0. The first-order valence-corrected chi connectivity index (χ1v) is 9.40. The van der Waals surface area contributed by atoms with Crippen LogP contribution in [-0.2, 0) is 19.1 Å². The summed E-state index contributed by atoms with van der Waals surface area (Å²) in [6.07, 6.45) is -2.60. The minimum absolute atomic E-state index is 0.0124. The molecular formula is C22H20O10. The number of fused-ring (bicyclic) bond motifs is 1. The van der Waals surface area contributed by atoms with Gasteiger partial charge in [0.2, 0.25) is 11.9 Å². The Hall–Kier alpha value is -4.08. The molecule has 0 saturated heterocycles. The molecule has 2 aromatic carbocycles. The van der Waals surface area contributed by atoms with Gasteiger partial charge in [-0.05, 0) is 12.1 Å². The minimum Gasteiger partial charge on any atom is -0.507 e. The topological polar surface area (TPSA) is 135 Å². The highest BCUT2D eigenvalue weighted by molar-refractivity contribution is 6.06. The van der Waals surface area contributed by atoms with Crippen molar-refractivity contribution in [2.24, 2.45) is 0 Å². The van der Waals surface area contributed by atoms with E-state index in [2.05, 4.69) is 0 Å². The van der Waals surface area contributed by atoms with Gasteiger partial charge in [-0.3, -0.25) is 19.2 Å². The van der Waals surface area contributed by atoms with Crippen LogP contribution in [0.25, 0.3) is 0 Å². The van der Waals surface area contributed by atoms with E-state index in [-0.39, 0.29) is 34.1 Å². The van der Waals surface area contributed by atoms with E-state index in [0.717, 1.165) is 13.8 Å². The molecule has 0 radical (unpaired) electrons. The van der Waals surface area contributed by atoms with E-state index in [1.807, 2.05) is 0 Å². The number of phenolic OH excluding ortho intramolecular Hbond substituents is 1. The Bertz CT molecular complexity index is 1100. The number of ketones is 1. The normalized spacial score (nSPS) is 16.9. The number of rotatable bonds is 5. The van der Waals surface area contributed by atoms with Crippen molar-refractivity contribution in [1.29, 1.82) is 0 Å². The van der Waals surface area contributed by atoms with Crippen molar-refractivity contribution in [2.45, 2.75) is 33.0 Å². The second kappa shape index (κ2) is 8.96. The fraction of sp³-hybridized carbons (Fsp3) is 0.273. The van der Waals surface area contributed by atoms with Crippen LogP contribution in [0.2, 0.25) is 0 Å². The molecule has 2 aromatic rings. The quantitative estimate of drug-likeness (QED) is 0.541. The number of aromatic hydroxyl groups is 1. The van der Waals surface area contributed by atoms with Gasteiger partial charge in [0.05, 0.1) is 7.11 Å².